The van der Waals surface area contributed by atoms with E-state index in [9.17, 15) is 5.26 Å². The molecule has 0 amide bonds. The molecule has 0 fully saturated rings. The fraction of sp³-hybridized carbons (Fsp3) is 0. The van der Waals surface area contributed by atoms with Gasteiger partial charge in [-0.1, -0.05) is 224 Å². The molecule has 0 spiro atoms. The van der Waals surface area contributed by atoms with Gasteiger partial charge in [0.2, 0.25) is 0 Å². The van der Waals surface area contributed by atoms with Gasteiger partial charge in [0.25, 0.3) is 0 Å². The summed E-state index contributed by atoms with van der Waals surface area (Å²) in [5, 5.41) is 19.2. The van der Waals surface area contributed by atoms with Gasteiger partial charge in [0.15, 0.2) is 17.5 Å². The fourth-order valence-electron chi connectivity index (χ4n) is 11.9. The smallest absolute Gasteiger partial charge is 0.164 e. The summed E-state index contributed by atoms with van der Waals surface area (Å²) in [7, 11) is 0. The van der Waals surface area contributed by atoms with Crippen LogP contribution in [0.15, 0.2) is 261 Å². The predicted octanol–water partition coefficient (Wildman–Crippen LogP) is 17.4. The standard InChI is InChI=1S/C70H43N7/c71-44-56-63(46-40-42-49(43-41-46)70-73-68(47-24-6-2-7-25-47)72-69(74-70)48-26-8-3-9-27-48)66(76-59-36-18-12-30-52(59)53-31-13-19-37-60(53)76)64(45-22-4-1-5-23-45)67(77-61-38-20-14-32-54(61)55-33-15-21-39-62(55)77)65(56)75-57-34-16-10-28-50(57)51-29-11-17-35-58(51)75/h1-43H. The first-order valence-corrected chi connectivity index (χ1v) is 25.8. The first-order valence-electron chi connectivity index (χ1n) is 25.8. The largest absolute Gasteiger partial charge is 0.308 e. The Balaban J connectivity index is 1.14. The normalized spacial score (nSPS) is 11.6. The highest BCUT2D eigenvalue weighted by molar-refractivity contribution is 6.16. The van der Waals surface area contributed by atoms with E-state index in [1.165, 1.54) is 0 Å². The number of hydrogen-bond donors (Lipinski definition) is 0. The van der Waals surface area contributed by atoms with Crippen molar-refractivity contribution in [2.75, 3.05) is 0 Å². The van der Waals surface area contributed by atoms with Crippen LogP contribution in [-0.4, -0.2) is 28.7 Å². The second-order valence-corrected chi connectivity index (χ2v) is 19.4. The molecule has 0 unspecified atom stereocenters. The van der Waals surface area contributed by atoms with Crippen LogP contribution in [0.4, 0.5) is 0 Å². The van der Waals surface area contributed by atoms with E-state index in [4.69, 9.17) is 15.0 Å². The maximum absolute atomic E-state index is 12.6. The quantitative estimate of drug-likeness (QED) is 0.152. The summed E-state index contributed by atoms with van der Waals surface area (Å²) in [5.41, 5.74) is 15.4. The molecule has 0 N–H and O–H groups in total. The molecular weight excluding hydrogens is 939 g/mol. The van der Waals surface area contributed by atoms with Crippen LogP contribution in [0, 0.1) is 11.3 Å². The molecular formula is C70H43N7. The fourth-order valence-corrected chi connectivity index (χ4v) is 11.9. The molecule has 0 saturated carbocycles. The number of benzene rings is 11. The SMILES string of the molecule is N#Cc1c(-c2ccc(-c3nc(-c4ccccc4)nc(-c4ccccc4)n3)cc2)c(-n2c3ccccc3c3ccccc32)c(-c2ccccc2)c(-n2c3ccccc3c3ccccc32)c1-n1c2ccccc2c2ccccc21. The zero-order valence-corrected chi connectivity index (χ0v) is 41.5. The molecule has 7 nitrogen and oxygen atoms in total. The highest BCUT2D eigenvalue weighted by Gasteiger charge is 2.33. The van der Waals surface area contributed by atoms with Crippen molar-refractivity contribution in [1.29, 1.82) is 5.26 Å². The van der Waals surface area contributed by atoms with Crippen LogP contribution in [0.1, 0.15) is 5.56 Å². The molecule has 358 valence electrons. The van der Waals surface area contributed by atoms with Crippen molar-refractivity contribution in [3.8, 4) is 79.5 Å². The van der Waals surface area contributed by atoms with Gasteiger partial charge in [-0.3, -0.25) is 0 Å². The Morgan fingerprint density at radius 3 is 0.857 bits per heavy atom. The van der Waals surface area contributed by atoms with E-state index < -0.39 is 0 Å². The van der Waals surface area contributed by atoms with Crippen molar-refractivity contribution in [3.05, 3.63) is 266 Å². The van der Waals surface area contributed by atoms with Gasteiger partial charge < -0.3 is 13.7 Å². The highest BCUT2D eigenvalue weighted by Crippen LogP contribution is 2.52. The molecule has 0 aliphatic heterocycles. The summed E-state index contributed by atoms with van der Waals surface area (Å²) < 4.78 is 7.18. The Morgan fingerprint density at radius 1 is 0.247 bits per heavy atom. The number of nitriles is 1. The van der Waals surface area contributed by atoms with Gasteiger partial charge in [0.1, 0.15) is 6.07 Å². The van der Waals surface area contributed by atoms with Crippen molar-refractivity contribution < 1.29 is 0 Å². The Kier molecular flexibility index (Phi) is 10.1. The van der Waals surface area contributed by atoms with Crippen molar-refractivity contribution in [2.24, 2.45) is 0 Å². The number of aromatic nitrogens is 6. The molecule has 4 heterocycles. The van der Waals surface area contributed by atoms with Crippen molar-refractivity contribution >= 4 is 65.4 Å². The Morgan fingerprint density at radius 2 is 0.506 bits per heavy atom. The van der Waals surface area contributed by atoms with Gasteiger partial charge in [-0.25, -0.2) is 15.0 Å². The summed E-state index contributed by atoms with van der Waals surface area (Å²) in [6.45, 7) is 0. The summed E-state index contributed by atoms with van der Waals surface area (Å²) in [6.07, 6.45) is 0. The number of nitrogens with zero attached hydrogens (tertiary/aromatic N) is 7. The van der Waals surface area contributed by atoms with Crippen LogP contribution in [0.25, 0.3) is 139 Å². The lowest BCUT2D eigenvalue weighted by atomic mass is 9.87. The molecule has 0 aliphatic carbocycles. The van der Waals surface area contributed by atoms with Crippen LogP contribution in [0.2, 0.25) is 0 Å². The minimum Gasteiger partial charge on any atom is -0.308 e. The highest BCUT2D eigenvalue weighted by atomic mass is 15.1. The molecule has 7 heteroatoms. The molecule has 15 aromatic rings. The van der Waals surface area contributed by atoms with Gasteiger partial charge in [0.05, 0.1) is 55.7 Å². The molecule has 15 rings (SSSR count). The molecule has 0 saturated heterocycles. The lowest BCUT2D eigenvalue weighted by molar-refractivity contribution is 1.07. The lowest BCUT2D eigenvalue weighted by Crippen LogP contribution is -2.13. The molecule has 0 radical (unpaired) electrons. The minimum absolute atomic E-state index is 0.524. The average Bonchev–Trinajstić information content (AvgIpc) is 4.28. The topological polar surface area (TPSA) is 77.2 Å². The van der Waals surface area contributed by atoms with Crippen LogP contribution < -0.4 is 0 Å². The van der Waals surface area contributed by atoms with E-state index in [0.29, 0.717) is 23.0 Å². The molecule has 0 bridgehead atoms. The molecule has 77 heavy (non-hydrogen) atoms. The number of para-hydroxylation sites is 6. The predicted molar refractivity (Wildman–Crippen MR) is 315 cm³/mol. The third kappa shape index (κ3) is 6.86. The van der Waals surface area contributed by atoms with E-state index in [2.05, 4.69) is 220 Å². The van der Waals surface area contributed by atoms with E-state index in [1.807, 2.05) is 60.7 Å². The maximum Gasteiger partial charge on any atom is 0.164 e. The first-order chi connectivity index (χ1) is 38.2. The number of hydrogen-bond acceptors (Lipinski definition) is 4. The number of rotatable bonds is 8. The van der Waals surface area contributed by atoms with Crippen molar-refractivity contribution in [3.63, 3.8) is 0 Å². The molecule has 11 aromatic carbocycles. The lowest BCUT2D eigenvalue weighted by Gasteiger charge is -2.28. The molecule has 0 atom stereocenters. The zero-order valence-electron chi connectivity index (χ0n) is 41.5. The van der Waals surface area contributed by atoms with Gasteiger partial charge in [-0.2, -0.15) is 5.26 Å². The maximum atomic E-state index is 12.6. The van der Waals surface area contributed by atoms with E-state index in [1.54, 1.807) is 0 Å². The van der Waals surface area contributed by atoms with Crippen LogP contribution in [-0.2, 0) is 0 Å². The van der Waals surface area contributed by atoms with Gasteiger partial charge >= 0.3 is 0 Å². The van der Waals surface area contributed by atoms with Gasteiger partial charge in [-0.15, -0.1) is 0 Å². The van der Waals surface area contributed by atoms with E-state index in [-0.39, 0.29) is 0 Å². The van der Waals surface area contributed by atoms with Crippen LogP contribution in [0.5, 0.6) is 0 Å². The molecule has 4 aromatic heterocycles. The zero-order chi connectivity index (χ0) is 51.0. The van der Waals surface area contributed by atoms with Gasteiger partial charge in [0, 0.05) is 60.1 Å². The molecule has 0 aliphatic rings. The minimum atomic E-state index is 0.524. The Hall–Kier alpha value is -10.7. The van der Waals surface area contributed by atoms with E-state index >= 15 is 0 Å². The van der Waals surface area contributed by atoms with Gasteiger partial charge in [-0.05, 0) is 47.5 Å². The van der Waals surface area contributed by atoms with Crippen molar-refractivity contribution in [2.45, 2.75) is 0 Å². The van der Waals surface area contributed by atoms with Crippen molar-refractivity contribution in [1.82, 2.24) is 28.7 Å². The van der Waals surface area contributed by atoms with E-state index in [0.717, 1.165) is 121 Å². The summed E-state index contributed by atoms with van der Waals surface area (Å²) in [6, 6.07) is 94.0. The van der Waals surface area contributed by atoms with Crippen LogP contribution >= 0.6 is 0 Å². The summed E-state index contributed by atoms with van der Waals surface area (Å²) >= 11 is 0. The van der Waals surface area contributed by atoms with Crippen LogP contribution in [0.3, 0.4) is 0 Å². The monoisotopic (exact) mass is 981 g/mol. The second kappa shape index (κ2) is 17.8. The Labute approximate surface area is 443 Å². The third-order valence-electron chi connectivity index (χ3n) is 15.1. The summed E-state index contributed by atoms with van der Waals surface area (Å²) in [5.74, 6) is 1.72. The second-order valence-electron chi connectivity index (χ2n) is 19.4. The Bertz CT molecular complexity index is 4630. The third-order valence-corrected chi connectivity index (χ3v) is 15.1. The average molecular weight is 982 g/mol. The summed E-state index contributed by atoms with van der Waals surface area (Å²) in [4.78, 5) is 15.2. The number of fused-ring (bicyclic) bond motifs is 9. The first kappa shape index (κ1) is 43.9.